The molecule has 0 saturated heterocycles. The monoisotopic (exact) mass is 387 g/mol. The maximum atomic E-state index is 12.1. The highest BCUT2D eigenvalue weighted by Crippen LogP contribution is 2.37. The van der Waals surface area contributed by atoms with Crippen LogP contribution in [0.15, 0.2) is 16.7 Å². The molecule has 2 atom stereocenters. The number of aryl methyl sites for hydroxylation is 1. The number of amides is 2. The summed E-state index contributed by atoms with van der Waals surface area (Å²) in [6.07, 6.45) is 4.17. The van der Waals surface area contributed by atoms with E-state index in [1.807, 2.05) is 13.0 Å². The molecule has 9 nitrogen and oxygen atoms in total. The molecule has 4 rings (SSSR count). The summed E-state index contributed by atoms with van der Waals surface area (Å²) < 4.78 is 10.6. The summed E-state index contributed by atoms with van der Waals surface area (Å²) in [5.41, 5.74) is 1.60. The molecule has 28 heavy (non-hydrogen) atoms. The fourth-order valence-electron chi connectivity index (χ4n) is 3.52. The van der Waals surface area contributed by atoms with Crippen LogP contribution >= 0.6 is 0 Å². The maximum absolute atomic E-state index is 12.1. The zero-order valence-electron chi connectivity index (χ0n) is 16.1. The predicted molar refractivity (Wildman–Crippen MR) is 99.8 cm³/mol. The van der Waals surface area contributed by atoms with E-state index in [1.165, 1.54) is 0 Å². The molecule has 0 radical (unpaired) electrons. The lowest BCUT2D eigenvalue weighted by Crippen LogP contribution is -2.36. The number of nitrogens with one attached hydrogen (secondary N) is 3. The minimum atomic E-state index is -0.328. The number of hydrogen-bond donors (Lipinski definition) is 3. The van der Waals surface area contributed by atoms with Crippen LogP contribution in [0.2, 0.25) is 0 Å². The van der Waals surface area contributed by atoms with Gasteiger partial charge in [0.2, 0.25) is 5.91 Å². The molecule has 0 bridgehead atoms. The number of carbonyl (C=O) groups excluding carboxylic acids is 2. The van der Waals surface area contributed by atoms with Gasteiger partial charge in [-0.3, -0.25) is 9.89 Å². The average molecular weight is 387 g/mol. The van der Waals surface area contributed by atoms with Crippen LogP contribution in [0.3, 0.4) is 0 Å². The Bertz CT molecular complexity index is 869. The number of aromatic amines is 1. The molecule has 2 aromatic rings. The predicted octanol–water partition coefficient (Wildman–Crippen LogP) is 2.80. The molecule has 0 spiro atoms. The largest absolute Gasteiger partial charge is 0.446 e. The first-order chi connectivity index (χ1) is 13.4. The number of nitrogens with zero attached hydrogens (tertiary/aromatic N) is 2. The van der Waals surface area contributed by atoms with Crippen molar-refractivity contribution < 1.29 is 18.8 Å². The SMILES string of the molecule is Cc1cc(CC(=O)Nc2cc([C@H]3CC[C@@H](OC(=O)NC4(C)CC4)C3)[nH]n2)on1. The van der Waals surface area contributed by atoms with Crippen molar-refractivity contribution in [2.75, 3.05) is 5.32 Å². The van der Waals surface area contributed by atoms with Crippen LogP contribution in [0.5, 0.6) is 0 Å². The summed E-state index contributed by atoms with van der Waals surface area (Å²) in [6, 6.07) is 3.57. The van der Waals surface area contributed by atoms with E-state index in [2.05, 4.69) is 26.0 Å². The Balaban J connectivity index is 1.26. The molecule has 2 aliphatic rings. The van der Waals surface area contributed by atoms with E-state index in [-0.39, 0.29) is 36.0 Å². The molecule has 2 fully saturated rings. The minimum absolute atomic E-state index is 0.0734. The number of H-pyrrole nitrogens is 1. The molecule has 2 saturated carbocycles. The zero-order valence-corrected chi connectivity index (χ0v) is 16.1. The molecular weight excluding hydrogens is 362 g/mol. The lowest BCUT2D eigenvalue weighted by atomic mass is 10.0. The van der Waals surface area contributed by atoms with Gasteiger partial charge in [0.15, 0.2) is 5.82 Å². The molecule has 0 aromatic carbocycles. The van der Waals surface area contributed by atoms with Crippen molar-refractivity contribution in [1.82, 2.24) is 20.7 Å². The van der Waals surface area contributed by atoms with Gasteiger partial charge in [-0.05, 0) is 46.0 Å². The minimum Gasteiger partial charge on any atom is -0.446 e. The molecule has 2 aliphatic carbocycles. The topological polar surface area (TPSA) is 122 Å². The van der Waals surface area contributed by atoms with Gasteiger partial charge in [0.25, 0.3) is 0 Å². The molecule has 2 heterocycles. The van der Waals surface area contributed by atoms with Crippen molar-refractivity contribution in [2.45, 2.75) is 69.9 Å². The molecule has 3 N–H and O–H groups in total. The average Bonchev–Trinajstić information content (AvgIpc) is 3.05. The van der Waals surface area contributed by atoms with Crippen LogP contribution in [-0.4, -0.2) is 39.0 Å². The first-order valence-electron chi connectivity index (χ1n) is 9.65. The van der Waals surface area contributed by atoms with Crippen LogP contribution in [0.25, 0.3) is 0 Å². The second-order valence-corrected chi connectivity index (χ2v) is 8.09. The number of aromatic nitrogens is 3. The fraction of sp³-hybridized carbons (Fsp3) is 0.579. The summed E-state index contributed by atoms with van der Waals surface area (Å²) in [6.45, 7) is 3.83. The number of rotatable bonds is 6. The van der Waals surface area contributed by atoms with Gasteiger partial charge in [0, 0.05) is 29.3 Å². The second kappa shape index (κ2) is 7.29. The zero-order chi connectivity index (χ0) is 19.7. The maximum Gasteiger partial charge on any atom is 0.407 e. The lowest BCUT2D eigenvalue weighted by Gasteiger charge is -2.16. The van der Waals surface area contributed by atoms with Gasteiger partial charge in [0.05, 0.1) is 12.1 Å². The fourth-order valence-corrected chi connectivity index (χ4v) is 3.52. The molecule has 0 unspecified atom stereocenters. The Morgan fingerprint density at radius 1 is 1.36 bits per heavy atom. The van der Waals surface area contributed by atoms with Gasteiger partial charge < -0.3 is 19.9 Å². The van der Waals surface area contributed by atoms with Gasteiger partial charge >= 0.3 is 6.09 Å². The summed E-state index contributed by atoms with van der Waals surface area (Å²) in [5, 5.41) is 16.6. The van der Waals surface area contributed by atoms with E-state index in [1.54, 1.807) is 13.0 Å². The van der Waals surface area contributed by atoms with Crippen molar-refractivity contribution in [3.63, 3.8) is 0 Å². The first-order valence-corrected chi connectivity index (χ1v) is 9.65. The van der Waals surface area contributed by atoms with E-state index >= 15 is 0 Å². The third-order valence-electron chi connectivity index (χ3n) is 5.38. The van der Waals surface area contributed by atoms with Crippen molar-refractivity contribution in [2.24, 2.45) is 0 Å². The third-order valence-corrected chi connectivity index (χ3v) is 5.38. The second-order valence-electron chi connectivity index (χ2n) is 8.09. The number of alkyl carbamates (subject to hydrolysis) is 1. The summed E-state index contributed by atoms with van der Waals surface area (Å²) in [7, 11) is 0. The highest BCUT2D eigenvalue weighted by Gasteiger charge is 2.40. The molecular formula is C19H25N5O4. The van der Waals surface area contributed by atoms with Crippen molar-refractivity contribution in [3.8, 4) is 0 Å². The highest BCUT2D eigenvalue weighted by molar-refractivity contribution is 5.91. The van der Waals surface area contributed by atoms with E-state index in [4.69, 9.17) is 9.26 Å². The van der Waals surface area contributed by atoms with Crippen LogP contribution in [0.1, 0.15) is 62.1 Å². The summed E-state index contributed by atoms with van der Waals surface area (Å²) in [4.78, 5) is 24.1. The van der Waals surface area contributed by atoms with Crippen molar-refractivity contribution >= 4 is 17.8 Å². The normalized spacial score (nSPS) is 22.6. The first kappa shape index (κ1) is 18.5. The molecule has 2 amide bonds. The van der Waals surface area contributed by atoms with Gasteiger partial charge in [-0.1, -0.05) is 5.16 Å². The Hall–Kier alpha value is -2.84. The molecule has 150 valence electrons. The molecule has 2 aromatic heterocycles. The van der Waals surface area contributed by atoms with Crippen LogP contribution in [0.4, 0.5) is 10.6 Å². The van der Waals surface area contributed by atoms with Gasteiger partial charge in [-0.25, -0.2) is 4.79 Å². The van der Waals surface area contributed by atoms with E-state index < -0.39 is 0 Å². The van der Waals surface area contributed by atoms with Gasteiger partial charge in [-0.15, -0.1) is 0 Å². The molecule has 9 heteroatoms. The number of hydrogen-bond acceptors (Lipinski definition) is 6. The summed E-state index contributed by atoms with van der Waals surface area (Å²) >= 11 is 0. The molecule has 0 aliphatic heterocycles. The highest BCUT2D eigenvalue weighted by atomic mass is 16.6. The van der Waals surface area contributed by atoms with Crippen LogP contribution in [0, 0.1) is 6.92 Å². The van der Waals surface area contributed by atoms with Gasteiger partial charge in [-0.2, -0.15) is 5.10 Å². The Morgan fingerprint density at radius 2 is 2.18 bits per heavy atom. The van der Waals surface area contributed by atoms with E-state index in [0.717, 1.165) is 43.5 Å². The van der Waals surface area contributed by atoms with Gasteiger partial charge in [0.1, 0.15) is 11.9 Å². The number of ether oxygens (including phenoxy) is 1. The van der Waals surface area contributed by atoms with Crippen LogP contribution in [-0.2, 0) is 16.0 Å². The smallest absolute Gasteiger partial charge is 0.407 e. The Labute approximate surface area is 162 Å². The standard InChI is InChI=1S/C19H25N5O4/c1-11-7-14(28-24-11)9-17(25)20-16-10-15(22-23-16)12-3-4-13(8-12)27-18(26)21-19(2)5-6-19/h7,10,12-13H,3-6,8-9H2,1-2H3,(H,21,26)(H2,20,22,23,25)/t12-,13+/m0/s1. The third kappa shape index (κ3) is 4.52. The van der Waals surface area contributed by atoms with Crippen molar-refractivity contribution in [3.05, 3.63) is 29.3 Å². The van der Waals surface area contributed by atoms with E-state index in [0.29, 0.717) is 11.6 Å². The Morgan fingerprint density at radius 3 is 2.89 bits per heavy atom. The number of carbonyl (C=O) groups is 2. The lowest BCUT2D eigenvalue weighted by molar-refractivity contribution is -0.115. The van der Waals surface area contributed by atoms with E-state index in [9.17, 15) is 9.59 Å². The summed E-state index contributed by atoms with van der Waals surface area (Å²) in [5.74, 6) is 0.997. The van der Waals surface area contributed by atoms with Crippen molar-refractivity contribution in [1.29, 1.82) is 0 Å². The Kier molecular flexibility index (Phi) is 4.82. The number of anilines is 1. The quantitative estimate of drug-likeness (QED) is 0.700. The van der Waals surface area contributed by atoms with Crippen LogP contribution < -0.4 is 10.6 Å².